The van der Waals surface area contributed by atoms with Crippen LogP contribution in [0.3, 0.4) is 0 Å². The minimum atomic E-state index is -0.581. The van der Waals surface area contributed by atoms with Crippen LogP contribution in [0.5, 0.6) is 0 Å². The van der Waals surface area contributed by atoms with E-state index in [2.05, 4.69) is 18.2 Å². The van der Waals surface area contributed by atoms with Gasteiger partial charge in [-0.15, -0.1) is 0 Å². The number of rotatable bonds is 5. The molecule has 3 atom stereocenters. The van der Waals surface area contributed by atoms with Crippen molar-refractivity contribution in [2.24, 2.45) is 0 Å². The van der Waals surface area contributed by atoms with Crippen molar-refractivity contribution >= 4 is 0 Å². The maximum atomic E-state index is 14.8. The van der Waals surface area contributed by atoms with Crippen molar-refractivity contribution in [3.8, 4) is 0 Å². The zero-order valence-corrected chi connectivity index (χ0v) is 15.7. The molecule has 1 saturated heterocycles. The monoisotopic (exact) mass is 370 g/mol. The molecule has 0 saturated carbocycles. The van der Waals surface area contributed by atoms with E-state index in [1.807, 2.05) is 13.0 Å². The molecule has 4 rings (SSSR count). The molecule has 2 aliphatic rings. The highest BCUT2D eigenvalue weighted by Crippen LogP contribution is 2.35. The number of ether oxygens (including phenoxy) is 1. The Hall–Kier alpha value is -1.75. The van der Waals surface area contributed by atoms with E-state index in [0.29, 0.717) is 18.4 Å². The molecule has 2 aromatic carbocycles. The number of aryl methyl sites for hydroxylation is 3. The van der Waals surface area contributed by atoms with Crippen molar-refractivity contribution in [1.29, 1.82) is 0 Å². The van der Waals surface area contributed by atoms with E-state index in [0.717, 1.165) is 30.4 Å². The van der Waals surface area contributed by atoms with Crippen LogP contribution in [-0.2, 0) is 30.4 Å². The van der Waals surface area contributed by atoms with Gasteiger partial charge in [0.1, 0.15) is 5.82 Å². The zero-order chi connectivity index (χ0) is 19.0. The third-order valence-corrected chi connectivity index (χ3v) is 5.96. The highest BCUT2D eigenvalue weighted by Gasteiger charge is 2.31. The molecule has 0 amide bonds. The van der Waals surface area contributed by atoms with Crippen LogP contribution in [0.4, 0.5) is 4.39 Å². The molecule has 3 nitrogen and oxygen atoms in total. The Morgan fingerprint density at radius 3 is 2.56 bits per heavy atom. The molecule has 0 bridgehead atoms. The Kier molecular flexibility index (Phi) is 5.31. The Morgan fingerprint density at radius 2 is 1.89 bits per heavy atom. The average Bonchev–Trinajstić information content (AvgIpc) is 2.64. The summed E-state index contributed by atoms with van der Waals surface area (Å²) < 4.78 is 20.6. The van der Waals surface area contributed by atoms with Crippen LogP contribution >= 0.6 is 0 Å². The van der Waals surface area contributed by atoms with E-state index in [9.17, 15) is 14.6 Å². The number of benzene rings is 2. The topological polar surface area (TPSA) is 49.7 Å². The summed E-state index contributed by atoms with van der Waals surface area (Å²) in [6, 6.07) is 10.2. The predicted octanol–water partition coefficient (Wildman–Crippen LogP) is 3.65. The van der Waals surface area contributed by atoms with E-state index in [1.165, 1.54) is 23.1 Å². The van der Waals surface area contributed by atoms with E-state index >= 15 is 0 Å². The summed E-state index contributed by atoms with van der Waals surface area (Å²) in [5.74, 6) is -0.288. The number of hydrogen-bond donors (Lipinski definition) is 2. The lowest BCUT2D eigenvalue weighted by Gasteiger charge is -2.33. The second kappa shape index (κ2) is 7.70. The van der Waals surface area contributed by atoms with Crippen molar-refractivity contribution in [2.75, 3.05) is 6.61 Å². The minimum absolute atomic E-state index is 0.162. The molecule has 3 unspecified atom stereocenters. The summed E-state index contributed by atoms with van der Waals surface area (Å²) in [6.45, 7) is 1.88. The van der Waals surface area contributed by atoms with Gasteiger partial charge >= 0.3 is 0 Å². The summed E-state index contributed by atoms with van der Waals surface area (Å²) >= 11 is 0. The molecule has 2 N–H and O–H groups in total. The number of halogens is 1. The highest BCUT2D eigenvalue weighted by atomic mass is 19.1. The first kappa shape index (κ1) is 18.6. The fraction of sp³-hybridized carbons (Fsp3) is 0.478. The van der Waals surface area contributed by atoms with Gasteiger partial charge in [-0.25, -0.2) is 4.39 Å². The Balaban J connectivity index is 1.64. The van der Waals surface area contributed by atoms with Crippen LogP contribution in [0, 0.1) is 5.82 Å². The molecule has 1 heterocycles. The molecular weight excluding hydrogens is 343 g/mol. The van der Waals surface area contributed by atoms with Gasteiger partial charge in [-0.1, -0.05) is 25.1 Å². The highest BCUT2D eigenvalue weighted by molar-refractivity contribution is 5.43. The summed E-state index contributed by atoms with van der Waals surface area (Å²) in [6.07, 6.45) is 3.06. The maximum Gasteiger partial charge on any atom is 0.129 e. The molecule has 144 valence electrons. The lowest BCUT2D eigenvalue weighted by Crippen LogP contribution is -2.33. The molecule has 27 heavy (non-hydrogen) atoms. The van der Waals surface area contributed by atoms with Crippen molar-refractivity contribution in [2.45, 2.75) is 63.8 Å². The zero-order valence-electron chi connectivity index (χ0n) is 15.7. The Bertz CT molecular complexity index is 833. The van der Waals surface area contributed by atoms with Gasteiger partial charge in [0.2, 0.25) is 0 Å². The van der Waals surface area contributed by atoms with E-state index < -0.39 is 18.3 Å². The van der Waals surface area contributed by atoms with Crippen molar-refractivity contribution in [3.63, 3.8) is 0 Å². The van der Waals surface area contributed by atoms with Crippen LogP contribution in [0.15, 0.2) is 30.3 Å². The van der Waals surface area contributed by atoms with Gasteiger partial charge in [-0.3, -0.25) is 0 Å². The van der Waals surface area contributed by atoms with Crippen molar-refractivity contribution in [3.05, 3.63) is 69.5 Å². The lowest BCUT2D eigenvalue weighted by atomic mass is 9.85. The van der Waals surface area contributed by atoms with Gasteiger partial charge in [0.15, 0.2) is 0 Å². The number of aliphatic hydroxyl groups excluding tert-OH is 2. The van der Waals surface area contributed by atoms with E-state index in [-0.39, 0.29) is 12.4 Å². The smallest absolute Gasteiger partial charge is 0.129 e. The first-order valence-electron chi connectivity index (χ1n) is 9.93. The van der Waals surface area contributed by atoms with Gasteiger partial charge < -0.3 is 14.9 Å². The molecule has 2 aromatic rings. The van der Waals surface area contributed by atoms with Gasteiger partial charge in [0.25, 0.3) is 0 Å². The lowest BCUT2D eigenvalue weighted by molar-refractivity contribution is -0.114. The first-order valence-corrected chi connectivity index (χ1v) is 9.93. The third kappa shape index (κ3) is 3.79. The largest absolute Gasteiger partial charge is 0.394 e. The van der Waals surface area contributed by atoms with Crippen LogP contribution in [0.25, 0.3) is 0 Å². The predicted molar refractivity (Wildman–Crippen MR) is 102 cm³/mol. The number of fused-ring (bicyclic) bond motifs is 1. The molecule has 0 aromatic heterocycles. The summed E-state index contributed by atoms with van der Waals surface area (Å²) in [5, 5.41) is 19.5. The van der Waals surface area contributed by atoms with E-state index in [1.54, 1.807) is 6.07 Å². The minimum Gasteiger partial charge on any atom is -0.394 e. The van der Waals surface area contributed by atoms with Crippen LogP contribution in [0.2, 0.25) is 0 Å². The Morgan fingerprint density at radius 1 is 1.07 bits per heavy atom. The molecule has 0 radical (unpaired) electrons. The normalized spacial score (nSPS) is 24.4. The molecule has 1 fully saturated rings. The van der Waals surface area contributed by atoms with Crippen LogP contribution < -0.4 is 0 Å². The van der Waals surface area contributed by atoms with Gasteiger partial charge in [-0.2, -0.15) is 0 Å². The van der Waals surface area contributed by atoms with Crippen molar-refractivity contribution in [1.82, 2.24) is 0 Å². The number of hydrogen-bond acceptors (Lipinski definition) is 3. The van der Waals surface area contributed by atoms with Gasteiger partial charge in [0, 0.05) is 18.4 Å². The standard InChI is InChI=1S/C23H27FO3/c1-2-15-10-22(24)21(23-12-19(26)11-20(13-25)27-23)9-18(15)8-14-3-4-16-5-6-17(16)7-14/h3-4,7,9-10,19-20,23,25-26H,2,5-6,8,11-13H2,1H3. The molecule has 4 heteroatoms. The summed E-state index contributed by atoms with van der Waals surface area (Å²) in [4.78, 5) is 0. The number of aliphatic hydroxyl groups is 2. The van der Waals surface area contributed by atoms with Gasteiger partial charge in [-0.05, 0) is 65.6 Å². The molecular formula is C23H27FO3. The average molecular weight is 370 g/mol. The quantitative estimate of drug-likeness (QED) is 0.845. The summed E-state index contributed by atoms with van der Waals surface area (Å²) in [5.41, 5.74) is 6.72. The second-order valence-corrected chi connectivity index (χ2v) is 7.83. The third-order valence-electron chi connectivity index (χ3n) is 5.96. The van der Waals surface area contributed by atoms with Crippen molar-refractivity contribution < 1.29 is 19.3 Å². The molecule has 0 spiro atoms. The summed E-state index contributed by atoms with van der Waals surface area (Å²) in [7, 11) is 0. The maximum absolute atomic E-state index is 14.8. The van der Waals surface area contributed by atoms with E-state index in [4.69, 9.17) is 4.74 Å². The van der Waals surface area contributed by atoms with Crippen LogP contribution in [-0.4, -0.2) is 29.0 Å². The Labute approximate surface area is 159 Å². The molecule has 1 aliphatic carbocycles. The fourth-order valence-corrected chi connectivity index (χ4v) is 4.31. The SMILES string of the molecule is CCc1cc(F)c(C2CC(O)CC(CO)O2)cc1Cc1ccc2c(c1)CC2. The molecule has 1 aliphatic heterocycles. The first-order chi connectivity index (χ1) is 13.1. The van der Waals surface area contributed by atoms with Gasteiger partial charge in [0.05, 0.1) is 24.9 Å². The van der Waals surface area contributed by atoms with Crippen LogP contribution in [0.1, 0.15) is 59.3 Å². The second-order valence-electron chi connectivity index (χ2n) is 7.83. The fourth-order valence-electron chi connectivity index (χ4n) is 4.31.